The van der Waals surface area contributed by atoms with E-state index >= 15 is 0 Å². The molecule has 6 heteroatoms. The molecule has 0 heterocycles. The molecule has 0 bridgehead atoms. The molecule has 0 aromatic carbocycles. The molecule has 0 atom stereocenters. The number of rotatable bonds is 0. The van der Waals surface area contributed by atoms with Crippen molar-refractivity contribution in [1.29, 1.82) is 0 Å². The Hall–Kier alpha value is 3.77. The van der Waals surface area contributed by atoms with Crippen molar-refractivity contribution < 1.29 is 118 Å². The van der Waals surface area contributed by atoms with Crippen LogP contribution in [0.1, 0.15) is 0 Å². The van der Waals surface area contributed by atoms with E-state index in [4.69, 9.17) is 0 Å². The third-order valence-corrected chi connectivity index (χ3v) is 0. The zero-order valence-corrected chi connectivity index (χ0v) is 12.4. The first kappa shape index (κ1) is 52.9. The quantitative estimate of drug-likeness (QED) is 0.410. The predicted octanol–water partition coefficient (Wildman–Crippen LogP) is -0.0150. The van der Waals surface area contributed by atoms with Gasteiger partial charge in [0.25, 0.3) is 0 Å². The molecule has 0 aliphatic heterocycles. The van der Waals surface area contributed by atoms with E-state index in [9.17, 15) is 0 Å². The molecule has 0 unspecified atom stereocenters. The maximum atomic E-state index is 0. The smallest absolute Gasteiger partial charge is 0 e. The van der Waals surface area contributed by atoms with Gasteiger partial charge in [-0.1, -0.05) is 0 Å². The molecule has 0 N–H and O–H groups in total. The zero-order chi connectivity index (χ0) is 0. The summed E-state index contributed by atoms with van der Waals surface area (Å²) in [5, 5.41) is 0. The van der Waals surface area contributed by atoms with E-state index in [2.05, 4.69) is 0 Å². The van der Waals surface area contributed by atoms with E-state index in [0.717, 1.165) is 0 Å². The van der Waals surface area contributed by atoms with Crippen molar-refractivity contribution in [3.05, 3.63) is 0 Å². The van der Waals surface area contributed by atoms with E-state index in [1.54, 1.807) is 0 Å². The zero-order valence-electron chi connectivity index (χ0n) is 2.30. The van der Waals surface area contributed by atoms with Crippen molar-refractivity contribution in [2.45, 2.75) is 0 Å². The summed E-state index contributed by atoms with van der Waals surface area (Å²) < 4.78 is 0. The Morgan fingerprint density at radius 3 is 0.333 bits per heavy atom. The average Bonchev–Trinajstić information content (AvgIpc) is 0. The van der Waals surface area contributed by atoms with Gasteiger partial charge in [0, 0.05) is 118 Å². The van der Waals surface area contributed by atoms with Crippen LogP contribution >= 0.6 is 0 Å². The average molecular weight is 502 g/mol. The molecule has 42 valence electrons. The maximum absolute atomic E-state index is 0. The van der Waals surface area contributed by atoms with Crippen molar-refractivity contribution in [1.82, 2.24) is 0 Å². The van der Waals surface area contributed by atoms with Crippen molar-refractivity contribution in [2.24, 2.45) is 0 Å². The Kier molecular flexibility index (Phi) is 329. The first-order valence-corrected chi connectivity index (χ1v) is 0. The Morgan fingerprint density at radius 1 is 0.333 bits per heavy atom. The molecule has 0 saturated carbocycles. The second kappa shape index (κ2) is 37.3. The molecule has 0 aromatic rings. The minimum absolute atomic E-state index is 0. The molecule has 0 fully saturated rings. The Bertz CT molecular complexity index is 5.51. The fourth-order valence-electron chi connectivity index (χ4n) is 0. The molecule has 0 nitrogen and oxygen atoms in total. The third-order valence-electron chi connectivity index (χ3n) is 0. The van der Waals surface area contributed by atoms with Crippen LogP contribution in [0.3, 0.4) is 0 Å². The number of hydrogen-bond acceptors (Lipinski definition) is 0. The molecule has 6 heavy (non-hydrogen) atoms. The Labute approximate surface area is 116 Å². The van der Waals surface area contributed by atoms with Crippen LogP contribution in [0.25, 0.3) is 0 Å². The SMILES string of the molecule is [Co].[Co].[Mo].[Mo].[Mo].[Mo]. The minimum Gasteiger partial charge on any atom is 0 e. The van der Waals surface area contributed by atoms with Crippen LogP contribution < -0.4 is 0 Å². The molecule has 0 aromatic heterocycles. The first-order chi connectivity index (χ1) is 0. The summed E-state index contributed by atoms with van der Waals surface area (Å²) in [7, 11) is 0. The van der Waals surface area contributed by atoms with Crippen LogP contribution in [0.2, 0.25) is 0 Å². The van der Waals surface area contributed by atoms with Gasteiger partial charge in [-0.05, 0) is 0 Å². The predicted molar refractivity (Wildman–Crippen MR) is 0 cm³/mol. The second-order valence-electron chi connectivity index (χ2n) is 0. The maximum Gasteiger partial charge on any atom is 0 e. The summed E-state index contributed by atoms with van der Waals surface area (Å²) in [6.45, 7) is 0. The molecule has 0 aliphatic carbocycles. The molecular weight excluding hydrogens is 502 g/mol. The van der Waals surface area contributed by atoms with Gasteiger partial charge in [0.2, 0.25) is 0 Å². The van der Waals surface area contributed by atoms with Crippen LogP contribution in [0, 0.1) is 0 Å². The third kappa shape index (κ3) is 25.1. The van der Waals surface area contributed by atoms with E-state index in [-0.39, 0.29) is 118 Å². The largest absolute Gasteiger partial charge is 0 e. The van der Waals surface area contributed by atoms with Crippen molar-refractivity contribution in [3.8, 4) is 0 Å². The summed E-state index contributed by atoms with van der Waals surface area (Å²) in [6.07, 6.45) is 0. The molecular formula is Co2Mo4. The Balaban J connectivity index is 0. The van der Waals surface area contributed by atoms with E-state index in [1.165, 1.54) is 0 Å². The van der Waals surface area contributed by atoms with Crippen molar-refractivity contribution in [3.63, 3.8) is 0 Å². The van der Waals surface area contributed by atoms with Crippen LogP contribution in [-0.2, 0) is 118 Å². The molecule has 0 saturated heterocycles. The van der Waals surface area contributed by atoms with Gasteiger partial charge in [0.05, 0.1) is 0 Å². The summed E-state index contributed by atoms with van der Waals surface area (Å²) in [5.41, 5.74) is 0. The standard InChI is InChI=1S/2Co.4Mo. The summed E-state index contributed by atoms with van der Waals surface area (Å²) >= 11 is 0. The number of hydrogen-bond donors (Lipinski definition) is 0. The molecule has 0 spiro atoms. The van der Waals surface area contributed by atoms with Crippen molar-refractivity contribution in [2.75, 3.05) is 0 Å². The topological polar surface area (TPSA) is 0 Å². The summed E-state index contributed by atoms with van der Waals surface area (Å²) in [5.74, 6) is 0. The van der Waals surface area contributed by atoms with Gasteiger partial charge in [0.1, 0.15) is 0 Å². The molecule has 2 radical (unpaired) electrons. The minimum atomic E-state index is 0. The summed E-state index contributed by atoms with van der Waals surface area (Å²) in [6, 6.07) is 0. The van der Waals surface area contributed by atoms with Gasteiger partial charge in [0.15, 0.2) is 0 Å². The van der Waals surface area contributed by atoms with E-state index < -0.39 is 0 Å². The van der Waals surface area contributed by atoms with Crippen molar-refractivity contribution >= 4 is 0 Å². The monoisotopic (exact) mass is 509 g/mol. The van der Waals surface area contributed by atoms with Gasteiger partial charge < -0.3 is 0 Å². The van der Waals surface area contributed by atoms with E-state index in [1.807, 2.05) is 0 Å². The van der Waals surface area contributed by atoms with E-state index in [0.29, 0.717) is 0 Å². The van der Waals surface area contributed by atoms with Gasteiger partial charge in [-0.3, -0.25) is 0 Å². The van der Waals surface area contributed by atoms with Crippen LogP contribution in [-0.4, -0.2) is 0 Å². The fraction of sp³-hybridized carbons (Fsp3) is 0. The normalized spacial score (nSPS) is 0. The fourth-order valence-corrected chi connectivity index (χ4v) is 0. The summed E-state index contributed by atoms with van der Waals surface area (Å²) in [4.78, 5) is 0. The van der Waals surface area contributed by atoms with Gasteiger partial charge >= 0.3 is 0 Å². The molecule has 0 amide bonds. The second-order valence-corrected chi connectivity index (χ2v) is 0. The van der Waals surface area contributed by atoms with Crippen LogP contribution in [0.4, 0.5) is 0 Å². The Morgan fingerprint density at radius 2 is 0.333 bits per heavy atom. The molecule has 0 rings (SSSR count). The first-order valence-electron chi connectivity index (χ1n) is 0. The van der Waals surface area contributed by atoms with Gasteiger partial charge in [-0.2, -0.15) is 0 Å². The van der Waals surface area contributed by atoms with Crippen LogP contribution in [0.5, 0.6) is 0 Å². The van der Waals surface area contributed by atoms with Gasteiger partial charge in [-0.15, -0.1) is 0 Å². The van der Waals surface area contributed by atoms with Crippen LogP contribution in [0.15, 0.2) is 0 Å². The molecule has 0 aliphatic rings. The van der Waals surface area contributed by atoms with Gasteiger partial charge in [-0.25, -0.2) is 0 Å².